The first-order chi connectivity index (χ1) is 13.1. The summed E-state index contributed by atoms with van der Waals surface area (Å²) in [4.78, 5) is 13.6. The molecule has 0 spiro atoms. The quantitative estimate of drug-likeness (QED) is 0.551. The largest absolute Gasteiger partial charge is 0.493 e. The van der Waals surface area contributed by atoms with Crippen LogP contribution >= 0.6 is 22.9 Å². The number of ether oxygens (including phenoxy) is 2. The van der Waals surface area contributed by atoms with Gasteiger partial charge >= 0.3 is 0 Å². The van der Waals surface area contributed by atoms with Crippen LogP contribution in [0.2, 0.25) is 5.28 Å². The number of thiophene rings is 1. The van der Waals surface area contributed by atoms with Crippen LogP contribution < -0.4 is 14.4 Å². The smallest absolute Gasteiger partial charge is 0.225 e. The molecule has 1 fully saturated rings. The SMILES string of the molecule is COc1ccc(-c2c(C)sc3nc(Cl)nc(N4CCCCC4)c23)cc1OC. The molecule has 0 unspecified atom stereocenters. The number of hydrogen-bond acceptors (Lipinski definition) is 6. The number of aromatic nitrogens is 2. The van der Waals surface area contributed by atoms with E-state index in [2.05, 4.69) is 27.9 Å². The molecule has 0 N–H and O–H groups in total. The molecule has 3 aromatic rings. The average molecular weight is 404 g/mol. The predicted molar refractivity (Wildman–Crippen MR) is 112 cm³/mol. The summed E-state index contributed by atoms with van der Waals surface area (Å²) in [6.45, 7) is 4.12. The molecule has 142 valence electrons. The fourth-order valence-electron chi connectivity index (χ4n) is 3.74. The van der Waals surface area contributed by atoms with Crippen LogP contribution in [-0.4, -0.2) is 37.3 Å². The highest BCUT2D eigenvalue weighted by atomic mass is 35.5. The highest BCUT2D eigenvalue weighted by molar-refractivity contribution is 7.19. The van der Waals surface area contributed by atoms with Gasteiger partial charge in [-0.2, -0.15) is 4.98 Å². The maximum atomic E-state index is 6.26. The van der Waals surface area contributed by atoms with Crippen LogP contribution in [0, 0.1) is 6.92 Å². The lowest BCUT2D eigenvalue weighted by atomic mass is 10.0. The Labute approximate surface area is 167 Å². The van der Waals surface area contributed by atoms with E-state index < -0.39 is 0 Å². The van der Waals surface area contributed by atoms with Gasteiger partial charge in [0.15, 0.2) is 11.5 Å². The van der Waals surface area contributed by atoms with Crippen molar-refractivity contribution in [3.63, 3.8) is 0 Å². The third-order valence-corrected chi connectivity index (χ3v) is 6.18. The number of hydrogen-bond donors (Lipinski definition) is 0. The molecule has 2 aromatic heterocycles. The molecule has 1 aliphatic heterocycles. The van der Waals surface area contributed by atoms with Crippen LogP contribution in [0.4, 0.5) is 5.82 Å². The normalized spacial score (nSPS) is 14.6. The van der Waals surface area contributed by atoms with Crippen molar-refractivity contribution in [1.29, 1.82) is 0 Å². The molecule has 7 heteroatoms. The van der Waals surface area contributed by atoms with E-state index >= 15 is 0 Å². The van der Waals surface area contributed by atoms with Crippen LogP contribution in [0.3, 0.4) is 0 Å². The topological polar surface area (TPSA) is 47.5 Å². The lowest BCUT2D eigenvalue weighted by Crippen LogP contribution is -2.30. The van der Waals surface area contributed by atoms with Gasteiger partial charge in [0.1, 0.15) is 10.6 Å². The van der Waals surface area contributed by atoms with Crippen molar-refractivity contribution in [2.24, 2.45) is 0 Å². The Balaban J connectivity index is 1.94. The Kier molecular flexibility index (Phi) is 5.10. The van der Waals surface area contributed by atoms with Gasteiger partial charge in [0.25, 0.3) is 0 Å². The Bertz CT molecular complexity index is 983. The van der Waals surface area contributed by atoms with Gasteiger partial charge in [-0.15, -0.1) is 11.3 Å². The summed E-state index contributed by atoms with van der Waals surface area (Å²) < 4.78 is 10.9. The van der Waals surface area contributed by atoms with Gasteiger partial charge in [0.2, 0.25) is 5.28 Å². The Morgan fingerprint density at radius 1 is 1.04 bits per heavy atom. The Morgan fingerprint density at radius 2 is 1.78 bits per heavy atom. The third kappa shape index (κ3) is 3.32. The molecule has 1 saturated heterocycles. The maximum Gasteiger partial charge on any atom is 0.225 e. The zero-order chi connectivity index (χ0) is 19.0. The first-order valence-corrected chi connectivity index (χ1v) is 10.3. The van der Waals surface area contributed by atoms with Crippen LogP contribution in [0.1, 0.15) is 24.1 Å². The van der Waals surface area contributed by atoms with Crippen molar-refractivity contribution in [1.82, 2.24) is 9.97 Å². The number of piperidine rings is 1. The molecule has 0 atom stereocenters. The molecular weight excluding hydrogens is 382 g/mol. The number of anilines is 1. The molecule has 3 heterocycles. The lowest BCUT2D eigenvalue weighted by Gasteiger charge is -2.28. The van der Waals surface area contributed by atoms with E-state index in [-0.39, 0.29) is 0 Å². The van der Waals surface area contributed by atoms with Crippen molar-refractivity contribution in [3.05, 3.63) is 28.4 Å². The lowest BCUT2D eigenvalue weighted by molar-refractivity contribution is 0.355. The number of benzene rings is 1. The molecule has 0 saturated carbocycles. The molecule has 1 aromatic carbocycles. The second kappa shape index (κ2) is 7.52. The summed E-state index contributed by atoms with van der Waals surface area (Å²) >= 11 is 7.91. The second-order valence-corrected chi connectivity index (χ2v) is 8.19. The van der Waals surface area contributed by atoms with Gasteiger partial charge in [0.05, 0.1) is 19.6 Å². The van der Waals surface area contributed by atoms with Gasteiger partial charge in [-0.1, -0.05) is 6.07 Å². The predicted octanol–water partition coefficient (Wildman–Crippen LogP) is 5.33. The van der Waals surface area contributed by atoms with E-state index in [4.69, 9.17) is 21.1 Å². The molecule has 0 bridgehead atoms. The van der Waals surface area contributed by atoms with Crippen molar-refractivity contribution in [2.75, 3.05) is 32.2 Å². The van der Waals surface area contributed by atoms with Crippen molar-refractivity contribution in [3.8, 4) is 22.6 Å². The van der Waals surface area contributed by atoms with E-state index in [0.717, 1.165) is 40.3 Å². The highest BCUT2D eigenvalue weighted by Gasteiger charge is 2.23. The molecule has 0 radical (unpaired) electrons. The molecule has 0 aliphatic carbocycles. The van der Waals surface area contributed by atoms with Crippen LogP contribution in [0.15, 0.2) is 18.2 Å². The zero-order valence-corrected chi connectivity index (χ0v) is 17.3. The Morgan fingerprint density at radius 3 is 2.48 bits per heavy atom. The molecule has 27 heavy (non-hydrogen) atoms. The maximum absolute atomic E-state index is 6.26. The van der Waals surface area contributed by atoms with E-state index in [0.29, 0.717) is 16.8 Å². The summed E-state index contributed by atoms with van der Waals surface area (Å²) in [5.41, 5.74) is 2.22. The van der Waals surface area contributed by atoms with E-state index in [1.807, 2.05) is 12.1 Å². The summed E-state index contributed by atoms with van der Waals surface area (Å²) in [6, 6.07) is 6.01. The summed E-state index contributed by atoms with van der Waals surface area (Å²) in [7, 11) is 3.30. The van der Waals surface area contributed by atoms with E-state index in [9.17, 15) is 0 Å². The fourth-order valence-corrected chi connectivity index (χ4v) is 5.00. The van der Waals surface area contributed by atoms with Gasteiger partial charge in [0, 0.05) is 23.5 Å². The van der Waals surface area contributed by atoms with Crippen LogP contribution in [-0.2, 0) is 0 Å². The molecule has 5 nitrogen and oxygen atoms in total. The summed E-state index contributed by atoms with van der Waals surface area (Å²) in [5.74, 6) is 2.37. The number of methoxy groups -OCH3 is 2. The highest BCUT2D eigenvalue weighted by Crippen LogP contribution is 2.44. The van der Waals surface area contributed by atoms with E-state index in [1.54, 1.807) is 25.6 Å². The van der Waals surface area contributed by atoms with Gasteiger partial charge in [-0.25, -0.2) is 4.98 Å². The Hall–Kier alpha value is -2.05. The molecule has 1 aliphatic rings. The molecule has 0 amide bonds. The minimum Gasteiger partial charge on any atom is -0.493 e. The standard InChI is InChI=1S/C20H22ClN3O2S/c1-12-16(13-7-8-14(25-2)15(11-13)26-3)17-18(24-9-5-4-6-10-24)22-20(21)23-19(17)27-12/h7-8,11H,4-6,9-10H2,1-3H3. The number of fused-ring (bicyclic) bond motifs is 1. The monoisotopic (exact) mass is 403 g/mol. The molecular formula is C20H22ClN3O2S. The number of aryl methyl sites for hydroxylation is 1. The fraction of sp³-hybridized carbons (Fsp3) is 0.400. The van der Waals surface area contributed by atoms with Gasteiger partial charge in [-0.3, -0.25) is 0 Å². The molecule has 4 rings (SSSR count). The van der Waals surface area contributed by atoms with Crippen molar-refractivity contribution >= 4 is 39.0 Å². The first kappa shape index (κ1) is 18.3. The first-order valence-electron chi connectivity index (χ1n) is 9.06. The average Bonchev–Trinajstić information content (AvgIpc) is 3.02. The van der Waals surface area contributed by atoms with Gasteiger partial charge in [-0.05, 0) is 55.5 Å². The van der Waals surface area contributed by atoms with Gasteiger partial charge < -0.3 is 14.4 Å². The zero-order valence-electron chi connectivity index (χ0n) is 15.7. The number of rotatable bonds is 4. The van der Waals surface area contributed by atoms with E-state index in [1.165, 1.54) is 24.1 Å². The van der Waals surface area contributed by atoms with Crippen LogP contribution in [0.5, 0.6) is 11.5 Å². The minimum atomic E-state index is 0.309. The van der Waals surface area contributed by atoms with Crippen LogP contribution in [0.25, 0.3) is 21.3 Å². The minimum absolute atomic E-state index is 0.309. The number of halogens is 1. The third-order valence-electron chi connectivity index (χ3n) is 5.01. The second-order valence-electron chi connectivity index (χ2n) is 6.65. The van der Waals surface area contributed by atoms with Crippen molar-refractivity contribution < 1.29 is 9.47 Å². The number of nitrogens with zero attached hydrogens (tertiary/aromatic N) is 3. The van der Waals surface area contributed by atoms with Crippen molar-refractivity contribution in [2.45, 2.75) is 26.2 Å². The summed E-state index contributed by atoms with van der Waals surface area (Å²) in [5, 5.41) is 1.39. The summed E-state index contributed by atoms with van der Waals surface area (Å²) in [6.07, 6.45) is 3.62.